The monoisotopic (exact) mass is 406 g/mol. The first-order valence-corrected chi connectivity index (χ1v) is 9.97. The Morgan fingerprint density at radius 2 is 1.83 bits per heavy atom. The van der Waals surface area contributed by atoms with Gasteiger partial charge in [-0.1, -0.05) is 61.4 Å². The van der Waals surface area contributed by atoms with E-state index in [1.807, 2.05) is 50.2 Å². The normalized spacial score (nSPS) is 10.7. The fraction of sp³-hybridized carbons (Fsp3) is 0.261. The highest BCUT2D eigenvalue weighted by Crippen LogP contribution is 2.21. The Balaban J connectivity index is 2.11. The molecule has 3 rings (SSSR count). The van der Waals surface area contributed by atoms with Gasteiger partial charge in [-0.25, -0.2) is 4.79 Å². The summed E-state index contributed by atoms with van der Waals surface area (Å²) in [4.78, 5) is 42.2. The Kier molecular flexibility index (Phi) is 6.51. The number of H-pyrrole nitrogens is 1. The van der Waals surface area contributed by atoms with Crippen LogP contribution >= 0.6 is 0 Å². The average Bonchev–Trinajstić information content (AvgIpc) is 2.73. The second kappa shape index (κ2) is 9.26. The van der Waals surface area contributed by atoms with E-state index in [2.05, 4.69) is 4.98 Å². The lowest BCUT2D eigenvalue weighted by Gasteiger charge is -2.24. The van der Waals surface area contributed by atoms with Crippen LogP contribution in [0.25, 0.3) is 0 Å². The minimum atomic E-state index is -0.668. The summed E-state index contributed by atoms with van der Waals surface area (Å²) in [5.74, 6) is -0.348. The first-order chi connectivity index (χ1) is 14.4. The van der Waals surface area contributed by atoms with Crippen LogP contribution in [0.5, 0.6) is 0 Å². The summed E-state index contributed by atoms with van der Waals surface area (Å²) >= 11 is 0. The van der Waals surface area contributed by atoms with Gasteiger partial charge in [0.05, 0.1) is 6.54 Å². The molecule has 1 amide bonds. The Morgan fingerprint density at radius 3 is 2.50 bits per heavy atom. The first kappa shape index (κ1) is 21.1. The average molecular weight is 406 g/mol. The zero-order chi connectivity index (χ0) is 21.7. The maximum atomic E-state index is 13.3. The number of hydrogen-bond donors (Lipinski definition) is 2. The van der Waals surface area contributed by atoms with E-state index in [1.54, 1.807) is 18.2 Å². The number of nitrogens with two attached hydrogens (primary N) is 1. The number of carbonyl (C=O) groups is 1. The predicted molar refractivity (Wildman–Crippen MR) is 119 cm³/mol. The molecule has 0 fully saturated rings. The zero-order valence-electron chi connectivity index (χ0n) is 17.2. The third-order valence-electron chi connectivity index (χ3n) is 4.91. The Labute approximate surface area is 174 Å². The number of aryl methyl sites for hydroxylation is 1. The van der Waals surface area contributed by atoms with Crippen LogP contribution in [0.2, 0.25) is 0 Å². The van der Waals surface area contributed by atoms with E-state index in [-0.39, 0.29) is 24.0 Å². The maximum absolute atomic E-state index is 13.3. The van der Waals surface area contributed by atoms with Gasteiger partial charge in [0, 0.05) is 12.1 Å². The van der Waals surface area contributed by atoms with Crippen LogP contribution in [-0.4, -0.2) is 22.0 Å². The Hall–Kier alpha value is -3.61. The highest BCUT2D eigenvalue weighted by Gasteiger charge is 2.25. The predicted octanol–water partition coefficient (Wildman–Crippen LogP) is 2.92. The van der Waals surface area contributed by atoms with Gasteiger partial charge >= 0.3 is 5.69 Å². The topological polar surface area (TPSA) is 101 Å². The minimum Gasteiger partial charge on any atom is -0.383 e. The van der Waals surface area contributed by atoms with Crippen molar-refractivity contribution in [3.05, 3.63) is 92.1 Å². The molecule has 7 nitrogen and oxygen atoms in total. The molecule has 7 heteroatoms. The van der Waals surface area contributed by atoms with Gasteiger partial charge < -0.3 is 10.6 Å². The number of nitrogens with one attached hydrogen (secondary N) is 1. The van der Waals surface area contributed by atoms with Gasteiger partial charge in [0.15, 0.2) is 5.69 Å². The molecule has 30 heavy (non-hydrogen) atoms. The van der Waals surface area contributed by atoms with Crippen molar-refractivity contribution in [2.24, 2.45) is 0 Å². The van der Waals surface area contributed by atoms with Crippen molar-refractivity contribution in [2.75, 3.05) is 17.2 Å². The molecule has 3 aromatic rings. The van der Waals surface area contributed by atoms with Crippen LogP contribution in [0.1, 0.15) is 41.3 Å². The number of anilines is 2. The number of nitrogen functional groups attached to an aromatic ring is 1. The van der Waals surface area contributed by atoms with E-state index in [9.17, 15) is 14.4 Å². The van der Waals surface area contributed by atoms with Crippen molar-refractivity contribution in [1.82, 2.24) is 9.55 Å². The molecule has 0 bridgehead atoms. The number of aromatic nitrogens is 2. The van der Waals surface area contributed by atoms with Crippen LogP contribution in [0.3, 0.4) is 0 Å². The first-order valence-electron chi connectivity index (χ1n) is 9.97. The van der Waals surface area contributed by atoms with Gasteiger partial charge in [0.2, 0.25) is 0 Å². The number of nitrogens with zero attached hydrogens (tertiary/aromatic N) is 2. The lowest BCUT2D eigenvalue weighted by Crippen LogP contribution is -2.41. The number of aromatic amines is 1. The number of carbonyl (C=O) groups excluding carboxylic acids is 1. The molecule has 0 aliphatic heterocycles. The summed E-state index contributed by atoms with van der Waals surface area (Å²) in [5.41, 5.74) is 7.29. The highest BCUT2D eigenvalue weighted by atomic mass is 16.2. The summed E-state index contributed by atoms with van der Waals surface area (Å²) < 4.78 is 1.29. The van der Waals surface area contributed by atoms with Crippen LogP contribution in [0, 0.1) is 6.92 Å². The molecule has 0 atom stereocenters. The van der Waals surface area contributed by atoms with Crippen molar-refractivity contribution in [2.45, 2.75) is 33.2 Å². The molecular formula is C23H26N4O3. The van der Waals surface area contributed by atoms with Crippen LogP contribution < -0.4 is 21.9 Å². The number of rotatable bonds is 7. The lowest BCUT2D eigenvalue weighted by molar-refractivity contribution is 0.0986. The molecule has 0 saturated heterocycles. The van der Waals surface area contributed by atoms with E-state index in [4.69, 9.17) is 5.73 Å². The highest BCUT2D eigenvalue weighted by molar-refractivity contribution is 6.07. The fourth-order valence-corrected chi connectivity index (χ4v) is 3.33. The van der Waals surface area contributed by atoms with Crippen molar-refractivity contribution >= 4 is 17.4 Å². The number of benzene rings is 2. The fourth-order valence-electron chi connectivity index (χ4n) is 3.33. The third-order valence-corrected chi connectivity index (χ3v) is 4.91. The Bertz CT molecular complexity index is 1150. The van der Waals surface area contributed by atoms with E-state index < -0.39 is 11.2 Å². The SMILES string of the molecule is CCCCN(C(=O)c1cccc(C)c1)c1c(N)n(Cc2ccccc2)c(=O)[nH]c1=O. The molecule has 0 saturated carbocycles. The minimum absolute atomic E-state index is 0.00508. The van der Waals surface area contributed by atoms with Gasteiger partial charge in [-0.3, -0.25) is 19.1 Å². The van der Waals surface area contributed by atoms with Gasteiger partial charge in [-0.15, -0.1) is 0 Å². The van der Waals surface area contributed by atoms with E-state index in [0.717, 1.165) is 17.5 Å². The van der Waals surface area contributed by atoms with Crippen LogP contribution in [0.4, 0.5) is 11.5 Å². The van der Waals surface area contributed by atoms with E-state index in [1.165, 1.54) is 9.47 Å². The molecule has 1 heterocycles. The molecule has 0 aliphatic rings. The summed E-state index contributed by atoms with van der Waals surface area (Å²) in [7, 11) is 0. The van der Waals surface area contributed by atoms with Crippen LogP contribution in [-0.2, 0) is 6.54 Å². The van der Waals surface area contributed by atoms with Gasteiger partial charge in [-0.2, -0.15) is 0 Å². The van der Waals surface area contributed by atoms with Crippen molar-refractivity contribution in [3.63, 3.8) is 0 Å². The number of hydrogen-bond acceptors (Lipinski definition) is 4. The largest absolute Gasteiger partial charge is 0.383 e. The lowest BCUT2D eigenvalue weighted by atomic mass is 10.1. The van der Waals surface area contributed by atoms with Crippen molar-refractivity contribution in [3.8, 4) is 0 Å². The smallest absolute Gasteiger partial charge is 0.330 e. The van der Waals surface area contributed by atoms with Gasteiger partial charge in [0.25, 0.3) is 11.5 Å². The molecule has 0 aliphatic carbocycles. The van der Waals surface area contributed by atoms with E-state index >= 15 is 0 Å². The second-order valence-electron chi connectivity index (χ2n) is 7.24. The third kappa shape index (κ3) is 4.51. The summed E-state index contributed by atoms with van der Waals surface area (Å²) in [6.07, 6.45) is 1.52. The molecular weight excluding hydrogens is 380 g/mol. The molecule has 0 spiro atoms. The van der Waals surface area contributed by atoms with Crippen molar-refractivity contribution < 1.29 is 4.79 Å². The molecule has 0 radical (unpaired) electrons. The van der Waals surface area contributed by atoms with Gasteiger partial charge in [-0.05, 0) is 31.0 Å². The molecule has 156 valence electrons. The second-order valence-corrected chi connectivity index (χ2v) is 7.24. The summed E-state index contributed by atoms with van der Waals surface area (Å²) in [6.45, 7) is 4.41. The standard InChI is InChI=1S/C23H26N4O3/c1-3-4-13-26(22(29)18-12-8-9-16(2)14-18)19-20(24)27(23(30)25-21(19)28)15-17-10-6-5-7-11-17/h5-12,14H,3-4,13,15,24H2,1-2H3,(H,25,28,30). The van der Waals surface area contributed by atoms with Crippen molar-refractivity contribution in [1.29, 1.82) is 0 Å². The quantitative estimate of drug-likeness (QED) is 0.630. The molecule has 3 N–H and O–H groups in total. The Morgan fingerprint density at radius 1 is 1.10 bits per heavy atom. The number of unbranched alkanes of at least 4 members (excludes halogenated alkanes) is 1. The zero-order valence-corrected chi connectivity index (χ0v) is 17.2. The summed E-state index contributed by atoms with van der Waals surface area (Å²) in [6, 6.07) is 16.5. The molecule has 2 aromatic carbocycles. The molecule has 1 aromatic heterocycles. The van der Waals surface area contributed by atoms with Crippen LogP contribution in [0.15, 0.2) is 64.2 Å². The number of amides is 1. The maximum Gasteiger partial charge on any atom is 0.330 e. The van der Waals surface area contributed by atoms with Gasteiger partial charge in [0.1, 0.15) is 5.82 Å². The van der Waals surface area contributed by atoms with E-state index in [0.29, 0.717) is 18.5 Å². The summed E-state index contributed by atoms with van der Waals surface area (Å²) in [5, 5.41) is 0. The molecule has 0 unspecified atom stereocenters.